The lowest BCUT2D eigenvalue weighted by Gasteiger charge is -2.09. The number of benzene rings is 1. The van der Waals surface area contributed by atoms with Gasteiger partial charge in [0, 0.05) is 17.2 Å². The van der Waals surface area contributed by atoms with E-state index in [0.717, 1.165) is 15.7 Å². The van der Waals surface area contributed by atoms with Crippen molar-refractivity contribution in [2.24, 2.45) is 0 Å². The van der Waals surface area contributed by atoms with E-state index in [2.05, 4.69) is 25.5 Å². The molecule has 0 aliphatic rings. The maximum atomic E-state index is 13.6. The van der Waals surface area contributed by atoms with Gasteiger partial charge < -0.3 is 5.32 Å². The van der Waals surface area contributed by atoms with Crippen LogP contribution in [-0.2, 0) is 13.0 Å². The third kappa shape index (κ3) is 4.97. The summed E-state index contributed by atoms with van der Waals surface area (Å²) in [6.07, 6.45) is -4.04. The number of hydrogen-bond acceptors (Lipinski definition) is 5. The van der Waals surface area contributed by atoms with Crippen LogP contribution in [0.4, 0.5) is 33.6 Å². The lowest BCUT2D eigenvalue weighted by molar-refractivity contribution is 0.122. The monoisotopic (exact) mass is 511 g/mol. The van der Waals surface area contributed by atoms with Crippen molar-refractivity contribution in [2.45, 2.75) is 39.7 Å². The Kier molecular flexibility index (Phi) is 7.01. The summed E-state index contributed by atoms with van der Waals surface area (Å²) in [5, 5.41) is 11.1. The zero-order valence-electron chi connectivity index (χ0n) is 18.5. The van der Waals surface area contributed by atoms with Crippen LogP contribution < -0.4 is 5.32 Å². The summed E-state index contributed by atoms with van der Waals surface area (Å²) in [5.74, 6) is -0.0326. The zero-order valence-corrected chi connectivity index (χ0v) is 19.2. The molecule has 1 aromatic carbocycles. The number of halogens is 6. The molecule has 0 spiro atoms. The molecule has 184 valence electrons. The predicted molar refractivity (Wildman–Crippen MR) is 120 cm³/mol. The van der Waals surface area contributed by atoms with Gasteiger partial charge in [0.2, 0.25) is 0 Å². The first-order chi connectivity index (χ1) is 16.7. The maximum Gasteiger partial charge on any atom is 0.282 e. The van der Waals surface area contributed by atoms with Crippen molar-refractivity contribution in [3.8, 4) is 17.1 Å². The van der Waals surface area contributed by atoms with E-state index in [1.54, 1.807) is 0 Å². The molecule has 0 atom stereocenters. The van der Waals surface area contributed by atoms with E-state index in [1.165, 1.54) is 37.3 Å². The summed E-state index contributed by atoms with van der Waals surface area (Å²) < 4.78 is 69.2. The zero-order chi connectivity index (χ0) is 25.3. The molecule has 0 unspecified atom stereocenters. The van der Waals surface area contributed by atoms with Gasteiger partial charge in [0.25, 0.3) is 12.9 Å². The minimum Gasteiger partial charge on any atom is -0.323 e. The number of aryl methyl sites for hydroxylation is 1. The van der Waals surface area contributed by atoms with Gasteiger partial charge in [-0.2, -0.15) is 10.2 Å². The van der Waals surface area contributed by atoms with Crippen molar-refractivity contribution in [1.82, 2.24) is 29.5 Å². The average molecular weight is 512 g/mol. The van der Waals surface area contributed by atoms with Gasteiger partial charge in [-0.3, -0.25) is 4.68 Å². The second-order valence-electron chi connectivity index (χ2n) is 7.49. The van der Waals surface area contributed by atoms with Crippen LogP contribution in [0.3, 0.4) is 0 Å². The summed E-state index contributed by atoms with van der Waals surface area (Å²) in [5.41, 5.74) is 1.19. The summed E-state index contributed by atoms with van der Waals surface area (Å²) in [4.78, 5) is 8.10. The number of nitrogens with one attached hydrogen (secondary N) is 1. The van der Waals surface area contributed by atoms with E-state index in [-0.39, 0.29) is 28.2 Å². The fourth-order valence-electron chi connectivity index (χ4n) is 3.67. The summed E-state index contributed by atoms with van der Waals surface area (Å²) >= 11 is 5.98. The molecule has 0 amide bonds. The Morgan fingerprint density at radius 2 is 1.77 bits per heavy atom. The minimum atomic E-state index is -2.90. The molecule has 4 aromatic rings. The van der Waals surface area contributed by atoms with Crippen LogP contribution in [0.25, 0.3) is 17.1 Å². The Labute approximate surface area is 201 Å². The first-order valence-electron chi connectivity index (χ1n) is 10.5. The molecule has 0 aliphatic carbocycles. The third-order valence-corrected chi connectivity index (χ3v) is 5.64. The van der Waals surface area contributed by atoms with Crippen LogP contribution >= 0.6 is 11.6 Å². The largest absolute Gasteiger partial charge is 0.323 e. The maximum absolute atomic E-state index is 13.6. The van der Waals surface area contributed by atoms with E-state index < -0.39 is 30.9 Å². The predicted octanol–water partition coefficient (Wildman–Crippen LogP) is 6.14. The normalized spacial score (nSPS) is 11.6. The molecule has 1 N–H and O–H groups in total. The highest BCUT2D eigenvalue weighted by molar-refractivity contribution is 6.31. The molecular weight excluding hydrogens is 493 g/mol. The Bertz CT molecular complexity index is 1330. The number of aromatic nitrogens is 6. The Morgan fingerprint density at radius 3 is 2.40 bits per heavy atom. The highest BCUT2D eigenvalue weighted by Gasteiger charge is 2.24. The van der Waals surface area contributed by atoms with Crippen molar-refractivity contribution in [1.29, 1.82) is 0 Å². The molecule has 7 nitrogen and oxygen atoms in total. The van der Waals surface area contributed by atoms with Gasteiger partial charge in [0.15, 0.2) is 11.6 Å². The molecule has 3 heterocycles. The Morgan fingerprint density at radius 1 is 1.06 bits per heavy atom. The second-order valence-corrected chi connectivity index (χ2v) is 7.87. The highest BCUT2D eigenvalue weighted by atomic mass is 35.5. The van der Waals surface area contributed by atoms with Crippen LogP contribution in [0.15, 0.2) is 36.7 Å². The van der Waals surface area contributed by atoms with Crippen LogP contribution in [-0.4, -0.2) is 36.0 Å². The van der Waals surface area contributed by atoms with Gasteiger partial charge in [-0.05, 0) is 37.6 Å². The van der Waals surface area contributed by atoms with E-state index in [9.17, 15) is 22.0 Å². The molecule has 0 saturated carbocycles. The molecular formula is C22H19ClF5N7. The molecule has 0 aliphatic heterocycles. The lowest BCUT2D eigenvalue weighted by atomic mass is 10.1. The van der Waals surface area contributed by atoms with Crippen LogP contribution in [0.2, 0.25) is 5.02 Å². The molecule has 0 bridgehead atoms. The quantitative estimate of drug-likeness (QED) is 0.288. The fourth-order valence-corrected chi connectivity index (χ4v) is 3.87. The van der Waals surface area contributed by atoms with Gasteiger partial charge in [-0.1, -0.05) is 18.5 Å². The molecule has 35 heavy (non-hydrogen) atoms. The number of rotatable bonds is 8. The van der Waals surface area contributed by atoms with E-state index >= 15 is 0 Å². The Balaban J connectivity index is 1.76. The second kappa shape index (κ2) is 9.98. The SMILES string of the molecule is CCc1c(Nc2cc(-n3nc(C)c(Cl)c3C(F)F)ncn2)nn(CC(F)F)c1-c1ccc(F)cc1. The van der Waals surface area contributed by atoms with E-state index in [0.29, 0.717) is 23.2 Å². The number of nitrogens with zero attached hydrogens (tertiary/aromatic N) is 6. The first-order valence-corrected chi connectivity index (χ1v) is 10.8. The standard InChI is InChI=1S/C22H19ClF5N7/c1-3-14-19(12-4-6-13(24)7-5-12)34(9-15(25)26)33-22(14)31-16-8-17(30-10-29-16)35-20(21(27)28)18(23)11(2)32-35/h4-8,10,15,21H,3,9H2,1-2H3,(H,29,30,31,33). The van der Waals surface area contributed by atoms with Gasteiger partial charge in [-0.15, -0.1) is 0 Å². The van der Waals surface area contributed by atoms with E-state index in [1.807, 2.05) is 6.92 Å². The van der Waals surface area contributed by atoms with Crippen molar-refractivity contribution in [3.05, 3.63) is 64.5 Å². The molecule has 4 rings (SSSR count). The van der Waals surface area contributed by atoms with Crippen molar-refractivity contribution >= 4 is 23.2 Å². The fraction of sp³-hybridized carbons (Fsp3) is 0.273. The summed E-state index contributed by atoms with van der Waals surface area (Å²) in [6, 6.07) is 6.79. The summed E-state index contributed by atoms with van der Waals surface area (Å²) in [6.45, 7) is 2.63. The molecule has 0 fully saturated rings. The van der Waals surface area contributed by atoms with Crippen LogP contribution in [0, 0.1) is 12.7 Å². The topological polar surface area (TPSA) is 73.5 Å². The number of anilines is 2. The van der Waals surface area contributed by atoms with Crippen LogP contribution in [0.1, 0.15) is 30.3 Å². The average Bonchev–Trinajstić information content (AvgIpc) is 3.30. The summed E-state index contributed by atoms with van der Waals surface area (Å²) in [7, 11) is 0. The minimum absolute atomic E-state index is 0.0246. The molecule has 13 heteroatoms. The van der Waals surface area contributed by atoms with Gasteiger partial charge >= 0.3 is 0 Å². The van der Waals surface area contributed by atoms with Gasteiger partial charge in [0.05, 0.1) is 16.4 Å². The molecule has 0 radical (unpaired) electrons. The number of hydrogen-bond donors (Lipinski definition) is 1. The van der Waals surface area contributed by atoms with Gasteiger partial charge in [0.1, 0.15) is 30.2 Å². The lowest BCUT2D eigenvalue weighted by Crippen LogP contribution is -2.10. The van der Waals surface area contributed by atoms with Crippen LogP contribution in [0.5, 0.6) is 0 Å². The Hall–Kier alpha value is -3.54. The third-order valence-electron chi connectivity index (χ3n) is 5.18. The number of alkyl halides is 4. The van der Waals surface area contributed by atoms with Crippen molar-refractivity contribution < 1.29 is 22.0 Å². The molecule has 3 aromatic heterocycles. The molecule has 0 saturated heterocycles. The van der Waals surface area contributed by atoms with Crippen molar-refractivity contribution in [2.75, 3.05) is 5.32 Å². The highest BCUT2D eigenvalue weighted by Crippen LogP contribution is 2.34. The van der Waals surface area contributed by atoms with Gasteiger partial charge in [-0.25, -0.2) is 36.6 Å². The first kappa shape index (κ1) is 24.6. The van der Waals surface area contributed by atoms with Crippen molar-refractivity contribution in [3.63, 3.8) is 0 Å². The smallest absolute Gasteiger partial charge is 0.282 e. The van der Waals surface area contributed by atoms with E-state index in [4.69, 9.17) is 11.6 Å².